The monoisotopic (exact) mass is 290 g/mol. The van der Waals surface area contributed by atoms with Crippen molar-refractivity contribution < 1.29 is 18.9 Å². The number of aliphatic carboxylic acids is 1. The maximum Gasteiger partial charge on any atom is 0.326 e. The number of likely N-dealkylation sites (tertiary alicyclic amines) is 1. The van der Waals surface area contributed by atoms with Crippen LogP contribution in [0.15, 0.2) is 0 Å². The third-order valence-corrected chi connectivity index (χ3v) is 4.82. The van der Waals surface area contributed by atoms with Crippen LogP contribution in [0.2, 0.25) is 0 Å². The van der Waals surface area contributed by atoms with Crippen LogP contribution in [0.5, 0.6) is 0 Å². The van der Waals surface area contributed by atoms with E-state index in [-0.39, 0.29) is 11.3 Å². The summed E-state index contributed by atoms with van der Waals surface area (Å²) in [7, 11) is -1.00. The van der Waals surface area contributed by atoms with Gasteiger partial charge in [0.15, 0.2) is 0 Å². The molecule has 4 unspecified atom stereocenters. The number of urea groups is 1. The molecule has 7 heteroatoms. The molecule has 6 nitrogen and oxygen atoms in total. The Morgan fingerprint density at radius 1 is 1.53 bits per heavy atom. The fourth-order valence-electron chi connectivity index (χ4n) is 2.07. The van der Waals surface area contributed by atoms with E-state index >= 15 is 0 Å². The van der Waals surface area contributed by atoms with Crippen LogP contribution in [0.4, 0.5) is 4.79 Å². The van der Waals surface area contributed by atoms with Gasteiger partial charge in [-0.2, -0.15) is 0 Å². The standard InChI is InChI=1S/C12H22N2O4S/c1-8-4-5-14(10(6-8)11(15)16)12(17)13-7-9(2)19(3)18/h8-10H,4-7H2,1-3H3,(H,13,17)(H,15,16). The van der Waals surface area contributed by atoms with Crippen LogP contribution in [0, 0.1) is 5.92 Å². The van der Waals surface area contributed by atoms with Crippen LogP contribution in [-0.2, 0) is 15.6 Å². The minimum Gasteiger partial charge on any atom is -0.480 e. The molecule has 4 atom stereocenters. The first-order chi connectivity index (χ1) is 8.82. The molecule has 1 saturated heterocycles. The molecule has 2 amide bonds. The topological polar surface area (TPSA) is 86.7 Å². The fourth-order valence-corrected chi connectivity index (χ4v) is 2.39. The Kier molecular flexibility index (Phi) is 5.78. The number of nitrogens with one attached hydrogen (secondary N) is 1. The molecule has 1 fully saturated rings. The summed E-state index contributed by atoms with van der Waals surface area (Å²) in [6.45, 7) is 4.52. The second-order valence-corrected chi connectivity index (χ2v) is 6.97. The van der Waals surface area contributed by atoms with Gasteiger partial charge in [0.1, 0.15) is 6.04 Å². The molecule has 0 aromatic rings. The number of carboxylic acids is 1. The number of hydrogen-bond donors (Lipinski definition) is 2. The summed E-state index contributed by atoms with van der Waals surface area (Å²) >= 11 is 0. The van der Waals surface area contributed by atoms with Gasteiger partial charge in [-0.3, -0.25) is 4.21 Å². The zero-order valence-electron chi connectivity index (χ0n) is 11.6. The van der Waals surface area contributed by atoms with Crippen LogP contribution in [0.25, 0.3) is 0 Å². The Bertz CT molecular complexity index is 375. The molecule has 110 valence electrons. The van der Waals surface area contributed by atoms with Crippen molar-refractivity contribution in [1.82, 2.24) is 10.2 Å². The number of nitrogens with zero attached hydrogens (tertiary/aromatic N) is 1. The predicted molar refractivity (Wildman–Crippen MR) is 73.5 cm³/mol. The molecule has 0 aromatic heterocycles. The van der Waals surface area contributed by atoms with Crippen LogP contribution in [0.1, 0.15) is 26.7 Å². The molecule has 0 spiro atoms. The van der Waals surface area contributed by atoms with Gasteiger partial charge in [-0.15, -0.1) is 0 Å². The van der Waals surface area contributed by atoms with Crippen molar-refractivity contribution in [2.45, 2.75) is 38.0 Å². The largest absolute Gasteiger partial charge is 0.480 e. The van der Waals surface area contributed by atoms with Crippen LogP contribution in [-0.4, -0.2) is 56.9 Å². The lowest BCUT2D eigenvalue weighted by molar-refractivity contribution is -0.143. The Hall–Kier alpha value is -1.11. The molecule has 1 heterocycles. The third-order valence-electron chi connectivity index (χ3n) is 3.52. The number of amides is 2. The van der Waals surface area contributed by atoms with E-state index in [1.54, 1.807) is 13.2 Å². The van der Waals surface area contributed by atoms with Crippen LogP contribution >= 0.6 is 0 Å². The number of rotatable bonds is 4. The fraction of sp³-hybridized carbons (Fsp3) is 0.833. The van der Waals surface area contributed by atoms with E-state index in [1.165, 1.54) is 4.90 Å². The summed E-state index contributed by atoms with van der Waals surface area (Å²) < 4.78 is 11.2. The zero-order valence-corrected chi connectivity index (χ0v) is 12.4. The maximum atomic E-state index is 12.0. The lowest BCUT2D eigenvalue weighted by Crippen LogP contribution is -2.54. The predicted octanol–water partition coefficient (Wildman–Crippen LogP) is 0.648. The molecule has 2 N–H and O–H groups in total. The Labute approximate surface area is 116 Å². The van der Waals surface area contributed by atoms with Gasteiger partial charge < -0.3 is 15.3 Å². The SMILES string of the molecule is CC1CCN(C(=O)NCC(C)S(C)=O)C(C(=O)O)C1. The molecule has 19 heavy (non-hydrogen) atoms. The molecule has 0 aliphatic carbocycles. The third kappa shape index (κ3) is 4.49. The highest BCUT2D eigenvalue weighted by Gasteiger charge is 2.34. The van der Waals surface area contributed by atoms with E-state index in [1.807, 2.05) is 6.92 Å². The summed E-state index contributed by atoms with van der Waals surface area (Å²) in [5.74, 6) is -0.652. The summed E-state index contributed by atoms with van der Waals surface area (Å²) in [5, 5.41) is 11.7. The van der Waals surface area contributed by atoms with Crippen molar-refractivity contribution in [2.24, 2.45) is 5.92 Å². The molecular weight excluding hydrogens is 268 g/mol. The lowest BCUT2D eigenvalue weighted by Gasteiger charge is -2.36. The first kappa shape index (κ1) is 15.9. The van der Waals surface area contributed by atoms with E-state index in [0.29, 0.717) is 25.4 Å². The van der Waals surface area contributed by atoms with Gasteiger partial charge in [0, 0.05) is 35.4 Å². The first-order valence-corrected chi connectivity index (χ1v) is 8.04. The second-order valence-electron chi connectivity index (χ2n) is 5.17. The Morgan fingerprint density at radius 3 is 2.68 bits per heavy atom. The van der Waals surface area contributed by atoms with Crippen LogP contribution in [0.3, 0.4) is 0 Å². The van der Waals surface area contributed by atoms with Crippen molar-refractivity contribution >= 4 is 22.8 Å². The number of piperidine rings is 1. The smallest absolute Gasteiger partial charge is 0.326 e. The molecule has 0 saturated carbocycles. The van der Waals surface area contributed by atoms with Gasteiger partial charge in [-0.25, -0.2) is 9.59 Å². The van der Waals surface area contributed by atoms with E-state index in [0.717, 1.165) is 6.42 Å². The van der Waals surface area contributed by atoms with Crippen molar-refractivity contribution in [1.29, 1.82) is 0 Å². The average molecular weight is 290 g/mol. The Balaban J connectivity index is 2.59. The van der Waals surface area contributed by atoms with Gasteiger partial charge in [-0.1, -0.05) is 6.92 Å². The molecule has 0 radical (unpaired) electrons. The number of hydrogen-bond acceptors (Lipinski definition) is 3. The quantitative estimate of drug-likeness (QED) is 0.796. The molecule has 1 aliphatic rings. The van der Waals surface area contributed by atoms with Gasteiger partial charge >= 0.3 is 12.0 Å². The molecular formula is C12H22N2O4S. The summed E-state index contributed by atoms with van der Waals surface area (Å²) in [6.07, 6.45) is 2.88. The van der Waals surface area contributed by atoms with E-state index in [4.69, 9.17) is 0 Å². The van der Waals surface area contributed by atoms with Gasteiger partial charge in [0.2, 0.25) is 0 Å². The molecule has 0 bridgehead atoms. The molecule has 1 rings (SSSR count). The molecule has 0 aromatic carbocycles. The number of carbonyl (C=O) groups is 2. The maximum absolute atomic E-state index is 12.0. The van der Waals surface area contributed by atoms with Crippen molar-refractivity contribution in [3.63, 3.8) is 0 Å². The lowest BCUT2D eigenvalue weighted by atomic mass is 9.93. The van der Waals surface area contributed by atoms with Crippen molar-refractivity contribution in [2.75, 3.05) is 19.3 Å². The zero-order chi connectivity index (χ0) is 14.6. The first-order valence-electron chi connectivity index (χ1n) is 6.42. The van der Waals surface area contributed by atoms with Gasteiger partial charge in [-0.05, 0) is 25.7 Å². The molecule has 1 aliphatic heterocycles. The van der Waals surface area contributed by atoms with Crippen molar-refractivity contribution in [3.8, 4) is 0 Å². The van der Waals surface area contributed by atoms with Crippen LogP contribution < -0.4 is 5.32 Å². The summed E-state index contributed by atoms with van der Waals surface area (Å²) in [4.78, 5) is 24.6. The minimum atomic E-state index is -1.00. The van der Waals surface area contributed by atoms with Gasteiger partial charge in [0.05, 0.1) is 0 Å². The normalized spacial score (nSPS) is 26.6. The van der Waals surface area contributed by atoms with E-state index < -0.39 is 22.8 Å². The average Bonchev–Trinajstić information content (AvgIpc) is 2.35. The highest BCUT2D eigenvalue weighted by molar-refractivity contribution is 7.84. The van der Waals surface area contributed by atoms with E-state index in [2.05, 4.69) is 5.32 Å². The minimum absolute atomic E-state index is 0.143. The summed E-state index contributed by atoms with van der Waals surface area (Å²) in [6, 6.07) is -1.14. The van der Waals surface area contributed by atoms with E-state index in [9.17, 15) is 18.9 Å². The Morgan fingerprint density at radius 2 is 2.16 bits per heavy atom. The highest BCUT2D eigenvalue weighted by Crippen LogP contribution is 2.22. The van der Waals surface area contributed by atoms with Gasteiger partial charge in [0.25, 0.3) is 0 Å². The summed E-state index contributed by atoms with van der Waals surface area (Å²) in [5.41, 5.74) is 0. The number of carboxylic acid groups (broad SMARTS) is 1. The second kappa shape index (κ2) is 6.88. The highest BCUT2D eigenvalue weighted by atomic mass is 32.2. The number of carbonyl (C=O) groups excluding carboxylic acids is 1. The van der Waals surface area contributed by atoms with Crippen molar-refractivity contribution in [3.05, 3.63) is 0 Å².